The van der Waals surface area contributed by atoms with Gasteiger partial charge in [0, 0.05) is 11.3 Å². The lowest BCUT2D eigenvalue weighted by Gasteiger charge is -2.09. The Kier molecular flexibility index (Phi) is 5.21. The lowest BCUT2D eigenvalue weighted by molar-refractivity contribution is 0.128. The Balaban J connectivity index is 1.54. The van der Waals surface area contributed by atoms with Crippen LogP contribution in [0.5, 0.6) is 0 Å². The van der Waals surface area contributed by atoms with Crippen LogP contribution in [0.3, 0.4) is 0 Å². The number of hydrogen-bond donors (Lipinski definition) is 2. The molecule has 1 saturated heterocycles. The second-order valence-corrected chi connectivity index (χ2v) is 6.67. The Bertz CT molecular complexity index is 1090. The highest BCUT2D eigenvalue weighted by Crippen LogP contribution is 2.26. The van der Waals surface area contributed by atoms with Gasteiger partial charge in [-0.05, 0) is 30.7 Å². The molecule has 156 valence electrons. The van der Waals surface area contributed by atoms with Gasteiger partial charge in [0.15, 0.2) is 5.82 Å². The summed E-state index contributed by atoms with van der Waals surface area (Å²) in [4.78, 5) is 18.4. The fraction of sp³-hybridized carbons (Fsp3) is 0.278. The van der Waals surface area contributed by atoms with Crippen LogP contribution < -0.4 is 10.6 Å². The van der Waals surface area contributed by atoms with Gasteiger partial charge in [-0.1, -0.05) is 5.21 Å². The fourth-order valence-corrected chi connectivity index (χ4v) is 2.99. The van der Waals surface area contributed by atoms with Gasteiger partial charge in [0.05, 0.1) is 25.5 Å². The Hall–Kier alpha value is -3.70. The molecule has 2 aromatic heterocycles. The van der Waals surface area contributed by atoms with Gasteiger partial charge in [-0.15, -0.1) is 5.10 Å². The maximum absolute atomic E-state index is 13.4. The van der Waals surface area contributed by atoms with Gasteiger partial charge < -0.3 is 15.4 Å². The third-order valence-electron chi connectivity index (χ3n) is 4.28. The number of carbonyl (C=O) groups excluding carboxylic acids is 1. The number of rotatable bonds is 6. The molecular formula is C18H16F3N7O2. The zero-order valence-electron chi connectivity index (χ0n) is 15.6. The quantitative estimate of drug-likeness (QED) is 0.633. The number of carbonyl (C=O) groups is 1. The van der Waals surface area contributed by atoms with Crippen LogP contribution in [0.1, 0.15) is 17.7 Å². The molecule has 0 radical (unpaired) electrons. The first-order chi connectivity index (χ1) is 14.4. The van der Waals surface area contributed by atoms with Crippen molar-refractivity contribution in [1.82, 2.24) is 30.3 Å². The molecule has 1 fully saturated rings. The largest absolute Gasteiger partial charge is 0.442 e. The van der Waals surface area contributed by atoms with Crippen molar-refractivity contribution in [2.75, 3.05) is 11.9 Å². The topological polar surface area (TPSA) is 107 Å². The molecule has 0 bridgehead atoms. The van der Waals surface area contributed by atoms with Gasteiger partial charge in [0.1, 0.15) is 17.5 Å². The molecule has 12 heteroatoms. The zero-order valence-corrected chi connectivity index (χ0v) is 15.6. The van der Waals surface area contributed by atoms with Gasteiger partial charge in [0.2, 0.25) is 5.95 Å². The number of cyclic esters (lactones) is 1. The molecule has 1 aromatic carbocycles. The molecule has 0 unspecified atom stereocenters. The zero-order chi connectivity index (χ0) is 21.3. The van der Waals surface area contributed by atoms with Crippen molar-refractivity contribution in [1.29, 1.82) is 0 Å². The molecule has 3 heterocycles. The normalized spacial score (nSPS) is 15.9. The van der Waals surface area contributed by atoms with Crippen LogP contribution in [0, 0.1) is 12.7 Å². The Morgan fingerprint density at radius 2 is 2.20 bits per heavy atom. The summed E-state index contributed by atoms with van der Waals surface area (Å²) >= 11 is 0. The van der Waals surface area contributed by atoms with E-state index in [4.69, 9.17) is 4.74 Å². The Morgan fingerprint density at radius 3 is 2.93 bits per heavy atom. The molecule has 30 heavy (non-hydrogen) atoms. The van der Waals surface area contributed by atoms with Gasteiger partial charge in [-0.3, -0.25) is 0 Å². The Labute approximate surface area is 168 Å². The van der Waals surface area contributed by atoms with E-state index in [1.165, 1.54) is 0 Å². The molecular weight excluding hydrogens is 403 g/mol. The number of anilines is 2. The monoisotopic (exact) mass is 419 g/mol. The van der Waals surface area contributed by atoms with Crippen molar-refractivity contribution in [3.8, 4) is 11.3 Å². The van der Waals surface area contributed by atoms with Gasteiger partial charge >= 0.3 is 6.09 Å². The average molecular weight is 419 g/mol. The number of nitrogens with zero attached hydrogens (tertiary/aromatic N) is 5. The first kappa shape index (κ1) is 19.6. The minimum absolute atomic E-state index is 0.151. The number of aromatic nitrogens is 5. The first-order valence-electron chi connectivity index (χ1n) is 8.91. The summed E-state index contributed by atoms with van der Waals surface area (Å²) in [6.07, 6.45) is -1.45. The smallest absolute Gasteiger partial charge is 0.407 e. The molecule has 0 aliphatic carbocycles. The van der Waals surface area contributed by atoms with E-state index in [0.717, 1.165) is 5.56 Å². The second kappa shape index (κ2) is 7.97. The lowest BCUT2D eigenvalue weighted by atomic mass is 10.1. The van der Waals surface area contributed by atoms with E-state index in [1.54, 1.807) is 23.0 Å². The molecule has 1 atom stereocenters. The summed E-state index contributed by atoms with van der Waals surface area (Å²) in [5.74, 6) is -1.32. The number of benzene rings is 1. The molecule has 9 nitrogen and oxygen atoms in total. The van der Waals surface area contributed by atoms with Crippen LogP contribution in [0.25, 0.3) is 11.3 Å². The van der Waals surface area contributed by atoms with Crippen molar-refractivity contribution in [3.63, 3.8) is 0 Å². The number of hydrogen-bond acceptors (Lipinski definition) is 7. The van der Waals surface area contributed by atoms with Gasteiger partial charge in [-0.25, -0.2) is 32.6 Å². The third kappa shape index (κ3) is 4.31. The van der Waals surface area contributed by atoms with Crippen LogP contribution in [0.2, 0.25) is 0 Å². The molecule has 1 amide bonds. The minimum atomic E-state index is -3.05. The summed E-state index contributed by atoms with van der Waals surface area (Å²) in [6.45, 7) is 2.59. The molecule has 1 aliphatic heterocycles. The predicted octanol–water partition coefficient (Wildman–Crippen LogP) is 2.97. The number of aryl methyl sites for hydroxylation is 1. The predicted molar refractivity (Wildman–Crippen MR) is 98.7 cm³/mol. The van der Waals surface area contributed by atoms with Crippen LogP contribution in [-0.4, -0.2) is 43.7 Å². The maximum atomic E-state index is 13.4. The van der Waals surface area contributed by atoms with E-state index in [0.29, 0.717) is 36.2 Å². The highest BCUT2D eigenvalue weighted by Gasteiger charge is 2.23. The molecule has 0 saturated carbocycles. The van der Waals surface area contributed by atoms with Crippen LogP contribution in [0.15, 0.2) is 30.6 Å². The van der Waals surface area contributed by atoms with Crippen molar-refractivity contribution in [2.45, 2.75) is 26.0 Å². The molecule has 2 N–H and O–H groups in total. The third-order valence-corrected chi connectivity index (χ3v) is 4.28. The van der Waals surface area contributed by atoms with Crippen molar-refractivity contribution in [3.05, 3.63) is 47.7 Å². The average Bonchev–Trinajstić information content (AvgIpc) is 3.32. The molecule has 3 aromatic rings. The van der Waals surface area contributed by atoms with E-state index in [2.05, 4.69) is 30.9 Å². The van der Waals surface area contributed by atoms with E-state index in [1.807, 2.05) is 13.0 Å². The Morgan fingerprint density at radius 1 is 1.37 bits per heavy atom. The van der Waals surface area contributed by atoms with E-state index in [9.17, 15) is 18.0 Å². The van der Waals surface area contributed by atoms with E-state index in [-0.39, 0.29) is 12.1 Å². The van der Waals surface area contributed by atoms with Crippen molar-refractivity contribution in [2.24, 2.45) is 0 Å². The van der Waals surface area contributed by atoms with E-state index >= 15 is 0 Å². The van der Waals surface area contributed by atoms with Crippen LogP contribution in [-0.2, 0) is 11.3 Å². The summed E-state index contributed by atoms with van der Waals surface area (Å²) in [5.41, 5.74) is 1.68. The van der Waals surface area contributed by atoms with Crippen LogP contribution in [0.4, 0.5) is 29.6 Å². The first-order valence-corrected chi connectivity index (χ1v) is 8.91. The second-order valence-electron chi connectivity index (χ2n) is 6.67. The number of amides is 1. The molecule has 0 spiro atoms. The van der Waals surface area contributed by atoms with Gasteiger partial charge in [0.25, 0.3) is 6.43 Å². The number of alkyl carbamates (subject to hydrolysis) is 1. The maximum Gasteiger partial charge on any atom is 0.407 e. The highest BCUT2D eigenvalue weighted by atomic mass is 19.3. The lowest BCUT2D eigenvalue weighted by Crippen LogP contribution is -2.20. The number of nitrogens with one attached hydrogen (secondary N) is 2. The molecule has 1 aliphatic rings. The van der Waals surface area contributed by atoms with Crippen LogP contribution >= 0.6 is 0 Å². The molecule has 4 rings (SSSR count). The highest BCUT2D eigenvalue weighted by molar-refractivity contribution is 5.69. The number of ether oxygens (including phenoxy) is 1. The minimum Gasteiger partial charge on any atom is -0.442 e. The van der Waals surface area contributed by atoms with E-state index < -0.39 is 24.0 Å². The number of alkyl halides is 2. The van der Waals surface area contributed by atoms with Crippen molar-refractivity contribution >= 4 is 17.7 Å². The standard InChI is InChI=1S/C18H16F3N7O2/c1-9-2-10(14-8-28(27-26-14)7-12-5-23-18(29)30-12)4-11(3-9)24-17-22-6-13(19)15(25-17)16(20)21/h2-4,6,8,12,16H,5,7H2,1H3,(H,23,29)(H,22,24,25)/t12-/m1/s1. The fourth-order valence-electron chi connectivity index (χ4n) is 2.99. The van der Waals surface area contributed by atoms with Crippen molar-refractivity contribution < 1.29 is 22.7 Å². The summed E-state index contributed by atoms with van der Waals surface area (Å²) < 4.78 is 45.8. The summed E-state index contributed by atoms with van der Waals surface area (Å²) in [6, 6.07) is 5.34. The SMILES string of the molecule is Cc1cc(Nc2ncc(F)c(C(F)F)n2)cc(-c2cn(C[C@H]3CNC(=O)O3)nn2)c1. The number of halogens is 3. The summed E-state index contributed by atoms with van der Waals surface area (Å²) in [7, 11) is 0. The van der Waals surface area contributed by atoms with Gasteiger partial charge in [-0.2, -0.15) is 0 Å². The summed E-state index contributed by atoms with van der Waals surface area (Å²) in [5, 5.41) is 13.5.